The Balaban J connectivity index is 2.76. The Kier molecular flexibility index (Phi) is 2.84. The van der Waals surface area contributed by atoms with Crippen molar-refractivity contribution in [2.24, 2.45) is 0 Å². The van der Waals surface area contributed by atoms with Crippen LogP contribution in [-0.2, 0) is 0 Å². The molecule has 0 nitrogen and oxygen atoms in total. The summed E-state index contributed by atoms with van der Waals surface area (Å²) < 4.78 is 0. The predicted molar refractivity (Wildman–Crippen MR) is 49.1 cm³/mol. The monoisotopic (exact) mass is 148 g/mol. The maximum absolute atomic E-state index is 4.64. The van der Waals surface area contributed by atoms with E-state index in [1.54, 1.807) is 5.37 Å². The van der Waals surface area contributed by atoms with Gasteiger partial charge in [-0.05, 0) is 5.56 Å². The second kappa shape index (κ2) is 3.96. The molecule has 10 heavy (non-hydrogen) atoms. The SMILES string of the molecule is S=C/C=C/c1ccccc1. The summed E-state index contributed by atoms with van der Waals surface area (Å²) in [6, 6.07) is 10.1. The van der Waals surface area contributed by atoms with E-state index in [1.807, 2.05) is 42.5 Å². The van der Waals surface area contributed by atoms with Crippen molar-refractivity contribution in [1.82, 2.24) is 0 Å². The molecule has 1 aromatic carbocycles. The normalized spacial score (nSPS) is 10.0. The lowest BCUT2D eigenvalue weighted by Crippen LogP contribution is -1.67. The molecule has 1 heteroatoms. The molecule has 1 rings (SSSR count). The number of thiocarbonyl (C=S) groups is 1. The summed E-state index contributed by atoms with van der Waals surface area (Å²) in [6.07, 6.45) is 3.83. The minimum atomic E-state index is 1.18. The van der Waals surface area contributed by atoms with Crippen LogP contribution >= 0.6 is 12.2 Å². The van der Waals surface area contributed by atoms with E-state index in [9.17, 15) is 0 Å². The third-order valence-corrected chi connectivity index (χ3v) is 1.32. The van der Waals surface area contributed by atoms with Crippen LogP contribution in [0.2, 0.25) is 0 Å². The lowest BCUT2D eigenvalue weighted by atomic mass is 10.2. The van der Waals surface area contributed by atoms with Gasteiger partial charge >= 0.3 is 0 Å². The van der Waals surface area contributed by atoms with Crippen molar-refractivity contribution in [2.45, 2.75) is 0 Å². The van der Waals surface area contributed by atoms with Gasteiger partial charge in [-0.3, -0.25) is 0 Å². The lowest BCUT2D eigenvalue weighted by molar-refractivity contribution is 1.66. The van der Waals surface area contributed by atoms with Gasteiger partial charge in [0, 0.05) is 5.37 Å². The maximum Gasteiger partial charge on any atom is 0.00137 e. The Morgan fingerprint density at radius 2 is 1.80 bits per heavy atom. The van der Waals surface area contributed by atoms with E-state index in [1.165, 1.54) is 5.56 Å². The standard InChI is InChI=1S/C9H8S/c10-8-4-7-9-5-2-1-3-6-9/h1-8H/b7-4+. The van der Waals surface area contributed by atoms with E-state index in [-0.39, 0.29) is 0 Å². The number of hydrogen-bond acceptors (Lipinski definition) is 1. The van der Waals surface area contributed by atoms with Crippen LogP contribution in [0.5, 0.6) is 0 Å². The molecule has 0 bridgehead atoms. The fraction of sp³-hybridized carbons (Fsp3) is 0. The van der Waals surface area contributed by atoms with Gasteiger partial charge in [0.1, 0.15) is 0 Å². The zero-order valence-electron chi connectivity index (χ0n) is 5.53. The van der Waals surface area contributed by atoms with E-state index >= 15 is 0 Å². The van der Waals surface area contributed by atoms with Crippen molar-refractivity contribution in [3.05, 3.63) is 42.0 Å². The molecule has 0 spiro atoms. The average Bonchev–Trinajstić information content (AvgIpc) is 2.03. The topological polar surface area (TPSA) is 0 Å². The highest BCUT2D eigenvalue weighted by atomic mass is 32.1. The quantitative estimate of drug-likeness (QED) is 0.459. The Morgan fingerprint density at radius 3 is 2.40 bits per heavy atom. The molecular formula is C9H8S. The highest BCUT2D eigenvalue weighted by molar-refractivity contribution is 7.79. The van der Waals surface area contributed by atoms with Gasteiger partial charge in [-0.1, -0.05) is 54.7 Å². The number of allylic oxidation sites excluding steroid dienone is 1. The maximum atomic E-state index is 4.64. The van der Waals surface area contributed by atoms with Gasteiger partial charge in [0.2, 0.25) is 0 Å². The first-order valence-electron chi connectivity index (χ1n) is 3.10. The van der Waals surface area contributed by atoms with E-state index in [2.05, 4.69) is 12.2 Å². The molecule has 50 valence electrons. The van der Waals surface area contributed by atoms with Gasteiger partial charge in [0.05, 0.1) is 0 Å². The Bertz CT molecular complexity index is 224. The van der Waals surface area contributed by atoms with E-state index in [0.29, 0.717) is 0 Å². The molecule has 0 aliphatic rings. The van der Waals surface area contributed by atoms with E-state index < -0.39 is 0 Å². The smallest absolute Gasteiger partial charge is 0.00137 e. The molecule has 0 heterocycles. The Hall–Kier alpha value is -0.950. The Labute approximate surface area is 66.2 Å². The first-order chi connectivity index (χ1) is 4.93. The largest absolute Gasteiger partial charge is 0.0887 e. The zero-order chi connectivity index (χ0) is 7.23. The number of hydrogen-bond donors (Lipinski definition) is 0. The zero-order valence-corrected chi connectivity index (χ0v) is 6.34. The number of benzene rings is 1. The average molecular weight is 148 g/mol. The molecule has 0 atom stereocenters. The fourth-order valence-electron chi connectivity index (χ4n) is 0.715. The lowest BCUT2D eigenvalue weighted by Gasteiger charge is -1.87. The second-order valence-electron chi connectivity index (χ2n) is 1.91. The van der Waals surface area contributed by atoms with Gasteiger partial charge in [-0.15, -0.1) is 0 Å². The summed E-state index contributed by atoms with van der Waals surface area (Å²) in [5.41, 5.74) is 1.18. The molecular weight excluding hydrogens is 140 g/mol. The van der Waals surface area contributed by atoms with Gasteiger partial charge in [-0.25, -0.2) is 0 Å². The minimum Gasteiger partial charge on any atom is -0.0887 e. The molecule has 0 aliphatic heterocycles. The van der Waals surface area contributed by atoms with Crippen molar-refractivity contribution in [1.29, 1.82) is 0 Å². The first-order valence-corrected chi connectivity index (χ1v) is 3.57. The summed E-state index contributed by atoms with van der Waals surface area (Å²) in [7, 11) is 0. The molecule has 1 aromatic rings. The Morgan fingerprint density at radius 1 is 1.10 bits per heavy atom. The number of rotatable bonds is 2. The summed E-state index contributed by atoms with van der Waals surface area (Å²) in [4.78, 5) is 0. The van der Waals surface area contributed by atoms with Crippen molar-refractivity contribution in [3.63, 3.8) is 0 Å². The van der Waals surface area contributed by atoms with Crippen molar-refractivity contribution >= 4 is 23.7 Å². The van der Waals surface area contributed by atoms with E-state index in [0.717, 1.165) is 0 Å². The van der Waals surface area contributed by atoms with Gasteiger partial charge < -0.3 is 0 Å². The molecule has 0 saturated heterocycles. The summed E-state index contributed by atoms with van der Waals surface area (Å²) in [5.74, 6) is 0. The molecule has 0 amide bonds. The van der Waals surface area contributed by atoms with Crippen molar-refractivity contribution < 1.29 is 0 Å². The summed E-state index contributed by atoms with van der Waals surface area (Å²) in [6.45, 7) is 0. The van der Waals surface area contributed by atoms with Crippen molar-refractivity contribution in [3.8, 4) is 0 Å². The van der Waals surface area contributed by atoms with Crippen LogP contribution < -0.4 is 0 Å². The second-order valence-corrected chi connectivity index (χ2v) is 2.18. The molecule has 0 radical (unpaired) electrons. The molecule has 0 unspecified atom stereocenters. The minimum absolute atomic E-state index is 1.18. The van der Waals surface area contributed by atoms with Gasteiger partial charge in [-0.2, -0.15) is 0 Å². The molecule has 0 aliphatic carbocycles. The molecule has 0 saturated carbocycles. The highest BCUT2D eigenvalue weighted by Gasteiger charge is 1.78. The van der Waals surface area contributed by atoms with Crippen LogP contribution in [0, 0.1) is 0 Å². The molecule has 0 aromatic heterocycles. The van der Waals surface area contributed by atoms with Gasteiger partial charge in [0.25, 0.3) is 0 Å². The van der Waals surface area contributed by atoms with Gasteiger partial charge in [0.15, 0.2) is 0 Å². The van der Waals surface area contributed by atoms with Crippen LogP contribution in [0.4, 0.5) is 0 Å². The first kappa shape index (κ1) is 7.16. The third-order valence-electron chi connectivity index (χ3n) is 1.17. The van der Waals surface area contributed by atoms with Crippen molar-refractivity contribution in [2.75, 3.05) is 0 Å². The van der Waals surface area contributed by atoms with Crippen LogP contribution in [0.3, 0.4) is 0 Å². The predicted octanol–water partition coefficient (Wildman–Crippen LogP) is 2.70. The van der Waals surface area contributed by atoms with E-state index in [4.69, 9.17) is 0 Å². The highest BCUT2D eigenvalue weighted by Crippen LogP contribution is 1.99. The van der Waals surface area contributed by atoms with Crippen LogP contribution in [0.1, 0.15) is 5.56 Å². The third kappa shape index (κ3) is 2.11. The molecule has 0 fully saturated rings. The van der Waals surface area contributed by atoms with Crippen LogP contribution in [0.25, 0.3) is 6.08 Å². The fourth-order valence-corrected chi connectivity index (χ4v) is 0.793. The molecule has 0 N–H and O–H groups in total. The summed E-state index contributed by atoms with van der Waals surface area (Å²) in [5, 5.41) is 1.60. The van der Waals surface area contributed by atoms with Crippen LogP contribution in [0.15, 0.2) is 36.4 Å². The summed E-state index contributed by atoms with van der Waals surface area (Å²) >= 11 is 4.64. The van der Waals surface area contributed by atoms with Crippen LogP contribution in [-0.4, -0.2) is 5.37 Å².